The minimum Gasteiger partial charge on any atom is -0.477 e. The maximum atomic E-state index is 11.1. The number of carboxylic acids is 1. The number of carbonyl (C=O) groups is 1. The first-order valence-corrected chi connectivity index (χ1v) is 12.7. The smallest absolute Gasteiger partial charge is 0.345 e. The fourth-order valence-corrected chi connectivity index (χ4v) is 6.48. The summed E-state index contributed by atoms with van der Waals surface area (Å²) in [6.07, 6.45) is 10.6. The van der Waals surface area contributed by atoms with E-state index in [2.05, 4.69) is 24.3 Å². The Kier molecular flexibility index (Phi) is 7.52. The maximum Gasteiger partial charge on any atom is 0.345 e. The van der Waals surface area contributed by atoms with Crippen molar-refractivity contribution in [2.75, 3.05) is 0 Å². The van der Waals surface area contributed by atoms with Crippen molar-refractivity contribution in [1.82, 2.24) is 0 Å². The molecular formula is C26H31ClO3S. The second kappa shape index (κ2) is 10.3. The number of aliphatic hydroxyl groups is 1. The van der Waals surface area contributed by atoms with Gasteiger partial charge in [0.05, 0.1) is 6.10 Å². The maximum absolute atomic E-state index is 11.1. The highest BCUT2D eigenvalue weighted by molar-refractivity contribution is 7.13. The lowest BCUT2D eigenvalue weighted by Crippen LogP contribution is -2.15. The zero-order valence-electron chi connectivity index (χ0n) is 17.9. The van der Waals surface area contributed by atoms with E-state index >= 15 is 0 Å². The van der Waals surface area contributed by atoms with Crippen LogP contribution in [0.2, 0.25) is 0 Å². The summed E-state index contributed by atoms with van der Waals surface area (Å²) in [5.41, 5.74) is 3.46. The molecule has 2 N–H and O–H groups in total. The fraction of sp³-hybridized carbons (Fsp3) is 0.500. The number of hydrogen-bond donors (Lipinski definition) is 2. The Bertz CT molecular complexity index is 924. The fourth-order valence-electron chi connectivity index (χ4n) is 5.21. The molecule has 1 aromatic heterocycles. The van der Waals surface area contributed by atoms with E-state index in [9.17, 15) is 9.90 Å². The molecule has 0 bridgehead atoms. The molecule has 3 nitrogen and oxygen atoms in total. The summed E-state index contributed by atoms with van der Waals surface area (Å²) in [7, 11) is 0. The van der Waals surface area contributed by atoms with Gasteiger partial charge in [0.1, 0.15) is 4.88 Å². The molecule has 1 fully saturated rings. The zero-order valence-corrected chi connectivity index (χ0v) is 19.4. The Morgan fingerprint density at radius 3 is 2.48 bits per heavy atom. The average Bonchev–Trinajstić information content (AvgIpc) is 3.41. The van der Waals surface area contributed by atoms with Gasteiger partial charge < -0.3 is 10.2 Å². The molecule has 4 rings (SSSR count). The minimum absolute atomic E-state index is 0.361. The molecule has 2 aliphatic rings. The van der Waals surface area contributed by atoms with E-state index in [-0.39, 0.29) is 6.10 Å². The summed E-state index contributed by atoms with van der Waals surface area (Å²) in [6, 6.07) is 12.1. The van der Waals surface area contributed by atoms with Crippen LogP contribution >= 0.6 is 22.9 Å². The van der Waals surface area contributed by atoms with Crippen molar-refractivity contribution >= 4 is 34.5 Å². The molecule has 2 aromatic rings. The lowest BCUT2D eigenvalue weighted by Gasteiger charge is -2.27. The Hall–Kier alpha value is -1.62. The van der Waals surface area contributed by atoms with E-state index in [1.165, 1.54) is 41.7 Å². The van der Waals surface area contributed by atoms with Gasteiger partial charge in [0.2, 0.25) is 0 Å². The molecule has 1 unspecified atom stereocenters. The SMILES string of the molecule is O=C(O)c1ccc(CCC[C@H]2CCC(Cl)=C2c2ccc(C(O)C3CCCCC3)cc2)s1. The highest BCUT2D eigenvalue weighted by Crippen LogP contribution is 2.44. The number of halogens is 1. The summed E-state index contributed by atoms with van der Waals surface area (Å²) in [5, 5.41) is 20.8. The first-order valence-electron chi connectivity index (χ1n) is 11.5. The van der Waals surface area contributed by atoms with Crippen molar-refractivity contribution in [3.8, 4) is 0 Å². The van der Waals surface area contributed by atoms with E-state index in [1.807, 2.05) is 6.07 Å². The van der Waals surface area contributed by atoms with Gasteiger partial charge in [-0.2, -0.15) is 0 Å². The van der Waals surface area contributed by atoms with Crippen LogP contribution in [0.5, 0.6) is 0 Å². The third-order valence-electron chi connectivity index (χ3n) is 6.92. The van der Waals surface area contributed by atoms with Gasteiger partial charge >= 0.3 is 5.97 Å². The van der Waals surface area contributed by atoms with Crippen LogP contribution in [0.3, 0.4) is 0 Å². The van der Waals surface area contributed by atoms with E-state index in [4.69, 9.17) is 16.7 Å². The summed E-state index contributed by atoms with van der Waals surface area (Å²) in [4.78, 5) is 12.6. The molecule has 1 heterocycles. The summed E-state index contributed by atoms with van der Waals surface area (Å²) in [6.45, 7) is 0. The molecule has 31 heavy (non-hydrogen) atoms. The third-order valence-corrected chi connectivity index (χ3v) is 8.45. The standard InChI is InChI=1S/C26H31ClO3S/c27-22-15-13-17(7-4-8-21-14-16-23(31-21)26(29)30)24(22)18-9-11-20(12-10-18)25(28)19-5-2-1-3-6-19/h9-12,14,16-17,19,25,28H,1-8,13,15H2,(H,29,30)/t17-,25?/m0/s1. The van der Waals surface area contributed by atoms with Crippen molar-refractivity contribution in [3.05, 3.63) is 62.3 Å². The molecule has 1 aromatic carbocycles. The molecule has 166 valence electrons. The van der Waals surface area contributed by atoms with Gasteiger partial charge in [0, 0.05) is 9.91 Å². The van der Waals surface area contributed by atoms with Crippen molar-refractivity contribution in [1.29, 1.82) is 0 Å². The highest BCUT2D eigenvalue weighted by atomic mass is 35.5. The van der Waals surface area contributed by atoms with E-state index < -0.39 is 5.97 Å². The Balaban J connectivity index is 1.37. The normalized spacial score (nSPS) is 20.9. The Morgan fingerprint density at radius 2 is 1.81 bits per heavy atom. The first kappa shape index (κ1) is 22.6. The largest absolute Gasteiger partial charge is 0.477 e. The van der Waals surface area contributed by atoms with Crippen LogP contribution in [0.1, 0.15) is 89.6 Å². The number of aliphatic hydroxyl groups excluding tert-OH is 1. The molecule has 0 radical (unpaired) electrons. The Labute approximate surface area is 193 Å². The molecule has 2 atom stereocenters. The van der Waals surface area contributed by atoms with Crippen LogP contribution in [-0.4, -0.2) is 16.2 Å². The number of carboxylic acid groups (broad SMARTS) is 1. The van der Waals surface area contributed by atoms with Gasteiger partial charge in [-0.1, -0.05) is 55.1 Å². The van der Waals surface area contributed by atoms with Gasteiger partial charge in [-0.05, 0) is 85.6 Å². The second-order valence-electron chi connectivity index (χ2n) is 8.98. The van der Waals surface area contributed by atoms with Crippen molar-refractivity contribution in [2.24, 2.45) is 11.8 Å². The summed E-state index contributed by atoms with van der Waals surface area (Å²) >= 11 is 8.01. The van der Waals surface area contributed by atoms with Gasteiger partial charge in [-0.15, -0.1) is 11.3 Å². The molecule has 1 saturated carbocycles. The highest BCUT2D eigenvalue weighted by Gasteiger charge is 2.27. The van der Waals surface area contributed by atoms with Gasteiger partial charge in [-0.3, -0.25) is 0 Å². The number of aryl methyl sites for hydroxylation is 1. The van der Waals surface area contributed by atoms with Crippen LogP contribution in [0, 0.1) is 11.8 Å². The van der Waals surface area contributed by atoms with Crippen molar-refractivity contribution < 1.29 is 15.0 Å². The lowest BCUT2D eigenvalue weighted by molar-refractivity contribution is 0.0702. The van der Waals surface area contributed by atoms with Gasteiger partial charge in [-0.25, -0.2) is 4.79 Å². The van der Waals surface area contributed by atoms with Crippen LogP contribution in [-0.2, 0) is 6.42 Å². The topological polar surface area (TPSA) is 57.5 Å². The first-order chi connectivity index (χ1) is 15.0. The molecule has 0 amide bonds. The summed E-state index contributed by atoms with van der Waals surface area (Å²) in [5.74, 6) is -0.0119. The second-order valence-corrected chi connectivity index (χ2v) is 10.6. The predicted octanol–water partition coefficient (Wildman–Crippen LogP) is 7.44. The number of rotatable bonds is 8. The molecule has 0 aliphatic heterocycles. The Morgan fingerprint density at radius 1 is 1.06 bits per heavy atom. The summed E-state index contributed by atoms with van der Waals surface area (Å²) < 4.78 is 0. The number of allylic oxidation sites excluding steroid dienone is 2. The third kappa shape index (κ3) is 5.42. The van der Waals surface area contributed by atoms with Gasteiger partial charge in [0.15, 0.2) is 0 Å². The van der Waals surface area contributed by atoms with Crippen molar-refractivity contribution in [3.63, 3.8) is 0 Å². The van der Waals surface area contributed by atoms with Crippen LogP contribution < -0.4 is 0 Å². The molecule has 2 aliphatic carbocycles. The quantitative estimate of drug-likeness (QED) is 0.432. The number of hydrogen-bond acceptors (Lipinski definition) is 3. The monoisotopic (exact) mass is 458 g/mol. The zero-order chi connectivity index (χ0) is 21.8. The number of thiophene rings is 1. The van der Waals surface area contributed by atoms with Crippen LogP contribution in [0.25, 0.3) is 5.57 Å². The van der Waals surface area contributed by atoms with Crippen LogP contribution in [0.15, 0.2) is 41.4 Å². The lowest BCUT2D eigenvalue weighted by atomic mass is 9.82. The average molecular weight is 459 g/mol. The molecule has 0 spiro atoms. The molecular weight excluding hydrogens is 428 g/mol. The number of benzene rings is 1. The van der Waals surface area contributed by atoms with Gasteiger partial charge in [0.25, 0.3) is 0 Å². The van der Waals surface area contributed by atoms with E-state index in [0.717, 1.165) is 60.4 Å². The minimum atomic E-state index is -0.846. The predicted molar refractivity (Wildman–Crippen MR) is 128 cm³/mol. The van der Waals surface area contributed by atoms with E-state index in [0.29, 0.717) is 16.7 Å². The van der Waals surface area contributed by atoms with Crippen LogP contribution in [0.4, 0.5) is 0 Å². The van der Waals surface area contributed by atoms with E-state index in [1.54, 1.807) is 6.07 Å². The number of aromatic carboxylic acids is 1. The molecule has 0 saturated heterocycles. The molecule has 5 heteroatoms. The van der Waals surface area contributed by atoms with Crippen molar-refractivity contribution in [2.45, 2.75) is 70.3 Å².